The number of halogens is 2. The third kappa shape index (κ3) is 11.3. The standard InChI is InChI=1S/2C9H13.C2H6Ge.2ClH.Zr/c2*1-9(2,3)8-6-4-5-7-8;1-3-2;;;/h2*4-7H,1-3H3;1-2H3;2*1H;/q2*-1;;;;+2/p-2. The second-order valence-corrected chi connectivity index (χ2v) is 46.0. The van der Waals surface area contributed by atoms with Crippen molar-refractivity contribution in [3.8, 4) is 0 Å². The normalized spacial score (nSPS) is 10.9. The van der Waals surface area contributed by atoms with Crippen LogP contribution in [-0.4, -0.2) is 9.98 Å². The first kappa shape index (κ1) is 24.7. The van der Waals surface area contributed by atoms with Crippen molar-refractivity contribution >= 4 is 27.0 Å². The van der Waals surface area contributed by atoms with Crippen LogP contribution >= 0.6 is 17.0 Å². The van der Waals surface area contributed by atoms with Crippen LogP contribution < -0.4 is 0 Å². The van der Waals surface area contributed by atoms with E-state index in [1.165, 1.54) is 11.1 Å². The number of hydrogen-bond acceptors (Lipinski definition) is 0. The molecule has 0 saturated carbocycles. The molecule has 0 heterocycles. The van der Waals surface area contributed by atoms with Gasteiger partial charge < -0.3 is 0 Å². The van der Waals surface area contributed by atoms with E-state index in [-0.39, 0.29) is 0 Å². The molecule has 0 aliphatic rings. The molecule has 0 aromatic heterocycles. The Bertz CT molecular complexity index is 520. The summed E-state index contributed by atoms with van der Waals surface area (Å²) in [4.78, 5) is 0. The molecule has 2 aromatic carbocycles. The van der Waals surface area contributed by atoms with E-state index in [0.717, 1.165) is 0 Å². The van der Waals surface area contributed by atoms with Gasteiger partial charge in [0.25, 0.3) is 0 Å². The first-order chi connectivity index (χ1) is 10.9. The molecule has 0 saturated heterocycles. The van der Waals surface area contributed by atoms with Crippen molar-refractivity contribution in [3.05, 3.63) is 59.7 Å². The summed E-state index contributed by atoms with van der Waals surface area (Å²) < 4.78 is 0. The fourth-order valence-electron chi connectivity index (χ4n) is 1.75. The molecule has 0 aliphatic carbocycles. The second kappa shape index (κ2) is 11.4. The summed E-state index contributed by atoms with van der Waals surface area (Å²) in [7, 11) is 10.6. The van der Waals surface area contributed by atoms with Crippen molar-refractivity contribution < 1.29 is 16.2 Å². The summed E-state index contributed by atoms with van der Waals surface area (Å²) in [6.45, 7) is 13.3. The van der Waals surface area contributed by atoms with Crippen LogP contribution in [0.25, 0.3) is 0 Å². The Kier molecular flexibility index (Phi) is 11.8. The first-order valence-corrected chi connectivity index (χ1v) is 26.2. The molecular weight excluding hydrogens is 475 g/mol. The van der Waals surface area contributed by atoms with Crippen molar-refractivity contribution in [3.63, 3.8) is 0 Å². The van der Waals surface area contributed by atoms with Gasteiger partial charge in [0.05, 0.1) is 0 Å². The summed E-state index contributed by atoms with van der Waals surface area (Å²) in [6.07, 6.45) is 0. The van der Waals surface area contributed by atoms with Crippen molar-refractivity contribution in [2.45, 2.75) is 63.9 Å². The van der Waals surface area contributed by atoms with Gasteiger partial charge in [-0.05, 0) is 0 Å². The van der Waals surface area contributed by atoms with Crippen LogP contribution in [0.1, 0.15) is 52.7 Å². The van der Waals surface area contributed by atoms with Gasteiger partial charge in [-0.3, -0.25) is 0 Å². The summed E-state index contributed by atoms with van der Waals surface area (Å²) in [5.74, 6) is 4.46. The summed E-state index contributed by atoms with van der Waals surface area (Å²) in [5, 5.41) is 0. The van der Waals surface area contributed by atoms with Crippen LogP contribution in [0, 0.1) is 0 Å². The zero-order valence-corrected chi connectivity index (χ0v) is 22.4. The molecule has 24 heavy (non-hydrogen) atoms. The van der Waals surface area contributed by atoms with Crippen molar-refractivity contribution in [2.75, 3.05) is 0 Å². The van der Waals surface area contributed by atoms with Crippen LogP contribution in [-0.2, 0) is 27.1 Å². The second-order valence-electron chi connectivity index (χ2n) is 8.11. The first-order valence-electron chi connectivity index (χ1n) is 8.28. The maximum atomic E-state index is 5.65. The minimum atomic E-state index is -1.59. The van der Waals surface area contributed by atoms with E-state index in [0.29, 0.717) is 10.8 Å². The Hall–Kier alpha value is 0.706. The molecule has 4 heteroatoms. The molecule has 2 aromatic rings. The summed E-state index contributed by atoms with van der Waals surface area (Å²) in [5.41, 5.74) is 3.48. The van der Waals surface area contributed by atoms with Gasteiger partial charge in [0, 0.05) is 0 Å². The van der Waals surface area contributed by atoms with E-state index in [9.17, 15) is 0 Å². The Balaban J connectivity index is 0.000000340. The molecule has 0 aliphatic heterocycles. The predicted octanol–water partition coefficient (Wildman–Crippen LogP) is 7.57. The molecule has 136 valence electrons. The predicted molar refractivity (Wildman–Crippen MR) is 111 cm³/mol. The fraction of sp³-hybridized carbons (Fsp3) is 0.500. The Morgan fingerprint density at radius 1 is 0.792 bits per heavy atom. The van der Waals surface area contributed by atoms with Gasteiger partial charge in [-0.15, -0.1) is 0 Å². The molecule has 0 N–H and O–H groups in total. The van der Waals surface area contributed by atoms with Gasteiger partial charge in [-0.25, -0.2) is 12.1 Å². The van der Waals surface area contributed by atoms with E-state index >= 15 is 0 Å². The maximum absolute atomic E-state index is 5.65. The molecule has 0 bridgehead atoms. The van der Waals surface area contributed by atoms with Crippen LogP contribution in [0.3, 0.4) is 0 Å². The monoisotopic (exact) mass is 506 g/mol. The van der Waals surface area contributed by atoms with E-state index in [2.05, 4.69) is 102 Å². The third-order valence-corrected chi connectivity index (χ3v) is 37.9. The Morgan fingerprint density at radius 2 is 1.08 bits per heavy atom. The van der Waals surface area contributed by atoms with Gasteiger partial charge in [0.1, 0.15) is 0 Å². The minimum absolute atomic E-state index is 0.323. The van der Waals surface area contributed by atoms with Crippen LogP contribution in [0.5, 0.6) is 0 Å². The van der Waals surface area contributed by atoms with Crippen LogP contribution in [0.15, 0.2) is 48.5 Å². The van der Waals surface area contributed by atoms with Gasteiger partial charge in [0.2, 0.25) is 0 Å². The average molecular weight is 507 g/mol. The zero-order valence-electron chi connectivity index (χ0n) is 16.4. The molecule has 0 nitrogen and oxygen atoms in total. The number of rotatable bonds is 0. The molecule has 0 amide bonds. The molecule has 0 atom stereocenters. The SMILES string of the molecule is CC(C)(C)c1cc[cH-]c1.CC(C)(C)c1cc[cH-]c1.[CH3][Ge]([CH3])=[Zr]([Cl])[Cl]. The fourth-order valence-corrected chi connectivity index (χ4v) is 1.75. The van der Waals surface area contributed by atoms with Crippen molar-refractivity contribution in [1.82, 2.24) is 0 Å². The molecule has 0 unspecified atom stereocenters. The van der Waals surface area contributed by atoms with Gasteiger partial charge in [-0.1, -0.05) is 52.4 Å². The Labute approximate surface area is 165 Å². The molecule has 0 fully saturated rings. The van der Waals surface area contributed by atoms with E-state index in [4.69, 9.17) is 17.0 Å². The zero-order chi connectivity index (χ0) is 19.0. The van der Waals surface area contributed by atoms with Gasteiger partial charge >= 0.3 is 54.8 Å². The topological polar surface area (TPSA) is 0 Å². The van der Waals surface area contributed by atoms with Crippen LogP contribution in [0.2, 0.25) is 11.5 Å². The van der Waals surface area contributed by atoms with Crippen molar-refractivity contribution in [2.24, 2.45) is 0 Å². The van der Waals surface area contributed by atoms with E-state index in [1.54, 1.807) is 0 Å². The molecule has 2 rings (SSSR count). The Morgan fingerprint density at radius 3 is 1.17 bits per heavy atom. The van der Waals surface area contributed by atoms with Crippen LogP contribution in [0.4, 0.5) is 0 Å². The molecular formula is C20H32Cl2GeZr-2. The summed E-state index contributed by atoms with van der Waals surface area (Å²) >= 11 is -1.59. The van der Waals surface area contributed by atoms with E-state index < -0.39 is 26.2 Å². The van der Waals surface area contributed by atoms with Gasteiger partial charge in [0.15, 0.2) is 0 Å². The number of hydrogen-bond donors (Lipinski definition) is 0. The molecule has 0 spiro atoms. The van der Waals surface area contributed by atoms with Crippen molar-refractivity contribution in [1.29, 1.82) is 0 Å². The summed E-state index contributed by atoms with van der Waals surface area (Å²) in [6, 6.07) is 17.0. The molecule has 0 radical (unpaired) electrons. The average Bonchev–Trinajstić information content (AvgIpc) is 3.12. The quantitative estimate of drug-likeness (QED) is 0.255. The third-order valence-electron chi connectivity index (χ3n) is 3.44. The van der Waals surface area contributed by atoms with E-state index in [1.807, 2.05) is 0 Å². The van der Waals surface area contributed by atoms with Gasteiger partial charge in [-0.2, -0.15) is 47.5 Å².